The van der Waals surface area contributed by atoms with Gasteiger partial charge in [0, 0.05) is 23.9 Å². The van der Waals surface area contributed by atoms with Gasteiger partial charge >= 0.3 is 0 Å². The molecule has 0 saturated carbocycles. The number of fused-ring (bicyclic) bond motifs is 1. The van der Waals surface area contributed by atoms with Crippen molar-refractivity contribution in [3.63, 3.8) is 0 Å². The maximum absolute atomic E-state index is 2.41. The summed E-state index contributed by atoms with van der Waals surface area (Å²) in [6.45, 7) is 3.44. The van der Waals surface area contributed by atoms with E-state index in [2.05, 4.69) is 54.1 Å². The van der Waals surface area contributed by atoms with Crippen LogP contribution in [0.25, 0.3) is 10.9 Å². The lowest BCUT2D eigenvalue weighted by molar-refractivity contribution is -0.671. The second-order valence-electron chi connectivity index (χ2n) is 7.50. The lowest BCUT2D eigenvalue weighted by Crippen LogP contribution is -2.33. The smallest absolute Gasteiger partial charge is 0.198 e. The minimum absolute atomic E-state index is 1.15. The average molecular weight is 341 g/mol. The molecule has 1 aromatic heterocycles. The maximum Gasteiger partial charge on any atom is 0.212 e. The van der Waals surface area contributed by atoms with Crippen molar-refractivity contribution < 1.29 is 4.57 Å². The number of pyridine rings is 1. The first-order valence-corrected chi connectivity index (χ1v) is 10.8. The maximum atomic E-state index is 2.41. The van der Waals surface area contributed by atoms with Gasteiger partial charge in [0.1, 0.15) is 6.54 Å². The Kier molecular flexibility index (Phi) is 10.3. The normalized spacial score (nSPS) is 11.2. The molecule has 0 N–H and O–H groups in total. The van der Waals surface area contributed by atoms with Gasteiger partial charge in [-0.1, -0.05) is 89.7 Å². The van der Waals surface area contributed by atoms with E-state index in [1.54, 1.807) is 0 Å². The molecule has 0 aliphatic heterocycles. The Balaban J connectivity index is 1.46. The van der Waals surface area contributed by atoms with Gasteiger partial charge in [0.15, 0.2) is 6.20 Å². The van der Waals surface area contributed by atoms with Crippen LogP contribution in [0.15, 0.2) is 42.6 Å². The summed E-state index contributed by atoms with van der Waals surface area (Å²) in [5.74, 6) is 0. The summed E-state index contributed by atoms with van der Waals surface area (Å²) < 4.78 is 2.41. The molecule has 2 rings (SSSR count). The van der Waals surface area contributed by atoms with Crippen LogP contribution in [-0.2, 0) is 6.54 Å². The predicted octanol–water partition coefficient (Wildman–Crippen LogP) is 7.22. The summed E-state index contributed by atoms with van der Waals surface area (Å²) in [6.07, 6.45) is 20.7. The number of hydrogen-bond donors (Lipinski definition) is 0. The zero-order chi connectivity index (χ0) is 17.6. The van der Waals surface area contributed by atoms with E-state index >= 15 is 0 Å². The molecule has 0 amide bonds. The van der Waals surface area contributed by atoms with Crippen LogP contribution in [-0.4, -0.2) is 0 Å². The van der Waals surface area contributed by atoms with E-state index in [-0.39, 0.29) is 0 Å². The minimum Gasteiger partial charge on any atom is -0.198 e. The largest absolute Gasteiger partial charge is 0.212 e. The Labute approximate surface area is 155 Å². The first-order valence-electron chi connectivity index (χ1n) is 10.8. The van der Waals surface area contributed by atoms with Gasteiger partial charge in [0.25, 0.3) is 0 Å². The molecular weight excluding hydrogens is 302 g/mol. The minimum atomic E-state index is 1.15. The molecule has 0 aliphatic carbocycles. The third kappa shape index (κ3) is 8.03. The molecule has 25 heavy (non-hydrogen) atoms. The van der Waals surface area contributed by atoms with Gasteiger partial charge in [-0.2, -0.15) is 4.57 Å². The third-order valence-corrected chi connectivity index (χ3v) is 5.29. The van der Waals surface area contributed by atoms with E-state index in [0.717, 1.165) is 6.54 Å². The van der Waals surface area contributed by atoms with Gasteiger partial charge in [-0.05, 0) is 18.6 Å². The fourth-order valence-corrected chi connectivity index (χ4v) is 3.72. The van der Waals surface area contributed by atoms with Crippen molar-refractivity contribution in [3.05, 3.63) is 42.6 Å². The fourth-order valence-electron chi connectivity index (χ4n) is 3.72. The molecule has 1 nitrogen and oxygen atoms in total. The van der Waals surface area contributed by atoms with Gasteiger partial charge in [0.2, 0.25) is 5.52 Å². The summed E-state index contributed by atoms with van der Waals surface area (Å²) in [6, 6.07) is 13.1. The molecule has 0 radical (unpaired) electrons. The molecule has 1 aromatic carbocycles. The predicted molar refractivity (Wildman–Crippen MR) is 110 cm³/mol. The molecular formula is C24H38N+. The molecule has 0 saturated heterocycles. The van der Waals surface area contributed by atoms with E-state index in [1.807, 2.05) is 0 Å². The number of benzene rings is 1. The Morgan fingerprint density at radius 1 is 0.600 bits per heavy atom. The summed E-state index contributed by atoms with van der Waals surface area (Å²) in [5.41, 5.74) is 1.36. The number of para-hydroxylation sites is 1. The van der Waals surface area contributed by atoms with Crippen molar-refractivity contribution in [3.8, 4) is 0 Å². The zero-order valence-corrected chi connectivity index (χ0v) is 16.4. The van der Waals surface area contributed by atoms with E-state index in [4.69, 9.17) is 0 Å². The Hall–Kier alpha value is -1.37. The standard InChI is InChI=1S/C24H38N/c1-2-3-4-5-6-7-8-9-10-11-12-13-16-21-25-22-17-19-23-18-14-15-20-24(23)25/h14-15,17-20,22H,2-13,16,21H2,1H3/q+1. The van der Waals surface area contributed by atoms with Crippen molar-refractivity contribution in [2.45, 2.75) is 96.9 Å². The molecule has 0 aliphatic rings. The van der Waals surface area contributed by atoms with Crippen molar-refractivity contribution in [2.75, 3.05) is 0 Å². The van der Waals surface area contributed by atoms with E-state index in [1.165, 1.54) is 94.4 Å². The molecule has 138 valence electrons. The second-order valence-corrected chi connectivity index (χ2v) is 7.50. The van der Waals surface area contributed by atoms with E-state index < -0.39 is 0 Å². The Bertz CT molecular complexity index is 570. The van der Waals surface area contributed by atoms with Crippen LogP contribution in [0, 0.1) is 0 Å². The Morgan fingerprint density at radius 3 is 1.76 bits per heavy atom. The quantitative estimate of drug-likeness (QED) is 0.252. The lowest BCUT2D eigenvalue weighted by Gasteiger charge is -2.03. The SMILES string of the molecule is CCCCCCCCCCCCCCC[n+]1cccc2ccccc21. The van der Waals surface area contributed by atoms with Crippen molar-refractivity contribution in [1.82, 2.24) is 0 Å². The number of nitrogens with zero attached hydrogens (tertiary/aromatic N) is 1. The van der Waals surface area contributed by atoms with Crippen LogP contribution >= 0.6 is 0 Å². The summed E-state index contributed by atoms with van der Waals surface area (Å²) in [4.78, 5) is 0. The molecule has 0 unspecified atom stereocenters. The van der Waals surface area contributed by atoms with Crippen LogP contribution in [0.2, 0.25) is 0 Å². The number of aromatic nitrogens is 1. The van der Waals surface area contributed by atoms with Gasteiger partial charge < -0.3 is 0 Å². The molecule has 0 atom stereocenters. The Morgan fingerprint density at radius 2 is 1.12 bits per heavy atom. The van der Waals surface area contributed by atoms with Gasteiger partial charge in [0.05, 0.1) is 0 Å². The highest BCUT2D eigenvalue weighted by Gasteiger charge is 2.06. The van der Waals surface area contributed by atoms with Crippen LogP contribution in [0.4, 0.5) is 0 Å². The molecule has 1 heteroatoms. The lowest BCUT2D eigenvalue weighted by atomic mass is 10.0. The summed E-state index contributed by atoms with van der Waals surface area (Å²) in [7, 11) is 0. The first-order chi connectivity index (χ1) is 12.4. The number of rotatable bonds is 14. The first kappa shape index (κ1) is 19.9. The topological polar surface area (TPSA) is 3.88 Å². The zero-order valence-electron chi connectivity index (χ0n) is 16.4. The van der Waals surface area contributed by atoms with Gasteiger partial charge in [-0.3, -0.25) is 0 Å². The van der Waals surface area contributed by atoms with Crippen LogP contribution in [0.5, 0.6) is 0 Å². The second kappa shape index (κ2) is 12.9. The molecule has 0 fully saturated rings. The van der Waals surface area contributed by atoms with Crippen molar-refractivity contribution >= 4 is 10.9 Å². The number of unbranched alkanes of at least 4 members (excludes halogenated alkanes) is 12. The highest BCUT2D eigenvalue weighted by atomic mass is 14.9. The average Bonchev–Trinajstić information content (AvgIpc) is 2.65. The van der Waals surface area contributed by atoms with Gasteiger partial charge in [-0.25, -0.2) is 0 Å². The van der Waals surface area contributed by atoms with E-state index in [9.17, 15) is 0 Å². The van der Waals surface area contributed by atoms with Crippen molar-refractivity contribution in [1.29, 1.82) is 0 Å². The fraction of sp³-hybridized carbons (Fsp3) is 0.625. The van der Waals surface area contributed by atoms with Crippen LogP contribution in [0.1, 0.15) is 90.4 Å². The van der Waals surface area contributed by atoms with Crippen LogP contribution in [0.3, 0.4) is 0 Å². The molecule has 1 heterocycles. The summed E-state index contributed by atoms with van der Waals surface area (Å²) in [5, 5.41) is 1.35. The van der Waals surface area contributed by atoms with Gasteiger partial charge in [-0.15, -0.1) is 0 Å². The number of hydrogen-bond acceptors (Lipinski definition) is 0. The van der Waals surface area contributed by atoms with E-state index in [0.29, 0.717) is 0 Å². The molecule has 0 spiro atoms. The van der Waals surface area contributed by atoms with Crippen LogP contribution < -0.4 is 4.57 Å². The molecule has 0 bridgehead atoms. The monoisotopic (exact) mass is 340 g/mol. The highest BCUT2D eigenvalue weighted by molar-refractivity contribution is 5.74. The summed E-state index contributed by atoms with van der Waals surface area (Å²) >= 11 is 0. The molecule has 2 aromatic rings. The number of aryl methyl sites for hydroxylation is 1. The highest BCUT2D eigenvalue weighted by Crippen LogP contribution is 2.13. The van der Waals surface area contributed by atoms with Crippen molar-refractivity contribution in [2.24, 2.45) is 0 Å². The third-order valence-electron chi connectivity index (χ3n) is 5.29.